The van der Waals surface area contributed by atoms with Gasteiger partial charge in [0, 0.05) is 13.1 Å². The van der Waals surface area contributed by atoms with Crippen LogP contribution in [0, 0.1) is 0 Å². The number of anilines is 1. The smallest absolute Gasteiger partial charge is 0.295 e. The van der Waals surface area contributed by atoms with Gasteiger partial charge in [0.15, 0.2) is 5.82 Å². The number of H-pyrrole nitrogens is 1. The van der Waals surface area contributed by atoms with Gasteiger partial charge in [-0.05, 0) is 0 Å². The van der Waals surface area contributed by atoms with E-state index in [4.69, 9.17) is 4.74 Å². The van der Waals surface area contributed by atoms with E-state index in [2.05, 4.69) is 15.3 Å². The lowest BCUT2D eigenvalue weighted by atomic mass is 10.3. The molecule has 0 bridgehead atoms. The molecule has 1 aliphatic heterocycles. The number of nitrogens with one attached hydrogen (secondary N) is 2. The minimum absolute atomic E-state index is 0.0876. The Kier molecular flexibility index (Phi) is 2.76. The molecule has 0 radical (unpaired) electrons. The van der Waals surface area contributed by atoms with Gasteiger partial charge in [-0.25, -0.2) is 4.98 Å². The molecule has 7 heteroatoms. The molecular formula is C9H12N4O3. The van der Waals surface area contributed by atoms with Crippen molar-refractivity contribution in [2.75, 3.05) is 31.6 Å². The predicted octanol–water partition coefficient (Wildman–Crippen LogP) is -1.29. The van der Waals surface area contributed by atoms with E-state index >= 15 is 0 Å². The zero-order valence-electron chi connectivity index (χ0n) is 8.82. The second-order valence-corrected chi connectivity index (χ2v) is 3.36. The average Bonchev–Trinajstić information content (AvgIpc) is 2.28. The summed E-state index contributed by atoms with van der Waals surface area (Å²) in [5.74, 6) is 0.452. The fourth-order valence-electron chi connectivity index (χ4n) is 1.61. The Morgan fingerprint density at radius 1 is 1.50 bits per heavy atom. The molecule has 1 saturated heterocycles. The fourth-order valence-corrected chi connectivity index (χ4v) is 1.61. The second-order valence-electron chi connectivity index (χ2n) is 3.36. The molecule has 0 unspecified atom stereocenters. The summed E-state index contributed by atoms with van der Waals surface area (Å²) in [6.07, 6.45) is 1.30. The monoisotopic (exact) mass is 224 g/mol. The number of aromatic amines is 1. The molecular weight excluding hydrogens is 212 g/mol. The summed E-state index contributed by atoms with van der Waals surface area (Å²) in [5.41, 5.74) is -0.349. The van der Waals surface area contributed by atoms with Crippen LogP contribution in [0.1, 0.15) is 0 Å². The van der Waals surface area contributed by atoms with E-state index in [1.165, 1.54) is 13.4 Å². The van der Waals surface area contributed by atoms with E-state index in [-0.39, 0.29) is 23.8 Å². The summed E-state index contributed by atoms with van der Waals surface area (Å²) < 4.78 is 4.98. The highest BCUT2D eigenvalue weighted by Crippen LogP contribution is 2.20. The van der Waals surface area contributed by atoms with Crippen molar-refractivity contribution in [3.8, 4) is 5.75 Å². The number of carbonyl (C=O) groups is 1. The summed E-state index contributed by atoms with van der Waals surface area (Å²) in [7, 11) is 1.40. The minimum atomic E-state index is -0.349. The van der Waals surface area contributed by atoms with Gasteiger partial charge < -0.3 is 19.9 Å². The van der Waals surface area contributed by atoms with Crippen LogP contribution in [-0.4, -0.2) is 42.6 Å². The molecule has 1 aromatic rings. The van der Waals surface area contributed by atoms with Crippen molar-refractivity contribution in [1.29, 1.82) is 0 Å². The normalized spacial score (nSPS) is 15.8. The zero-order chi connectivity index (χ0) is 11.5. The Morgan fingerprint density at radius 3 is 3.00 bits per heavy atom. The van der Waals surface area contributed by atoms with Crippen molar-refractivity contribution in [2.45, 2.75) is 0 Å². The molecule has 86 valence electrons. The quantitative estimate of drug-likeness (QED) is 0.653. The van der Waals surface area contributed by atoms with Gasteiger partial charge in [0.1, 0.15) is 0 Å². The number of hydrogen-bond donors (Lipinski definition) is 2. The van der Waals surface area contributed by atoms with Crippen molar-refractivity contribution in [1.82, 2.24) is 15.3 Å². The maximum Gasteiger partial charge on any atom is 0.295 e. The van der Waals surface area contributed by atoms with Crippen LogP contribution in [-0.2, 0) is 4.79 Å². The first-order valence-electron chi connectivity index (χ1n) is 4.85. The minimum Gasteiger partial charge on any atom is -0.489 e. The Morgan fingerprint density at radius 2 is 2.31 bits per heavy atom. The van der Waals surface area contributed by atoms with Crippen LogP contribution in [0.4, 0.5) is 5.82 Å². The van der Waals surface area contributed by atoms with E-state index in [0.29, 0.717) is 18.9 Å². The third kappa shape index (κ3) is 1.83. The molecule has 0 atom stereocenters. The van der Waals surface area contributed by atoms with Crippen LogP contribution in [0.2, 0.25) is 0 Å². The van der Waals surface area contributed by atoms with Gasteiger partial charge >= 0.3 is 0 Å². The molecule has 1 aromatic heterocycles. The SMILES string of the molecule is COc1c(N2CCNC(=O)C2)nc[nH]c1=O. The number of carbonyl (C=O) groups excluding carboxylic acids is 1. The number of amides is 1. The Balaban J connectivity index is 2.35. The zero-order valence-corrected chi connectivity index (χ0v) is 8.82. The lowest BCUT2D eigenvalue weighted by Crippen LogP contribution is -2.48. The van der Waals surface area contributed by atoms with Gasteiger partial charge in [-0.1, -0.05) is 0 Å². The van der Waals surface area contributed by atoms with Crippen molar-refractivity contribution in [3.63, 3.8) is 0 Å². The van der Waals surface area contributed by atoms with E-state index < -0.39 is 0 Å². The number of nitrogens with zero attached hydrogens (tertiary/aromatic N) is 2. The van der Waals surface area contributed by atoms with Crippen LogP contribution in [0.5, 0.6) is 5.75 Å². The molecule has 0 spiro atoms. The largest absolute Gasteiger partial charge is 0.489 e. The lowest BCUT2D eigenvalue weighted by Gasteiger charge is -2.28. The number of piperazine rings is 1. The summed E-state index contributed by atoms with van der Waals surface area (Å²) in [6.45, 7) is 1.34. The van der Waals surface area contributed by atoms with Crippen molar-refractivity contribution < 1.29 is 9.53 Å². The van der Waals surface area contributed by atoms with Gasteiger partial charge in [0.05, 0.1) is 20.0 Å². The maximum atomic E-state index is 11.4. The highest BCUT2D eigenvalue weighted by Gasteiger charge is 2.22. The summed E-state index contributed by atoms with van der Waals surface area (Å²) in [5, 5.41) is 2.70. The predicted molar refractivity (Wildman–Crippen MR) is 56.6 cm³/mol. The van der Waals surface area contributed by atoms with Gasteiger partial charge in [-0.3, -0.25) is 9.59 Å². The number of aromatic nitrogens is 2. The molecule has 0 aliphatic carbocycles. The molecule has 0 saturated carbocycles. The molecule has 1 fully saturated rings. The number of hydrogen-bond acceptors (Lipinski definition) is 5. The summed E-state index contributed by atoms with van der Waals surface area (Å²) in [4.78, 5) is 30.8. The van der Waals surface area contributed by atoms with Gasteiger partial charge in [-0.2, -0.15) is 0 Å². The fraction of sp³-hybridized carbons (Fsp3) is 0.444. The Hall–Kier alpha value is -2.05. The van der Waals surface area contributed by atoms with Crippen LogP contribution in [0.15, 0.2) is 11.1 Å². The number of methoxy groups -OCH3 is 1. The van der Waals surface area contributed by atoms with E-state index in [1.807, 2.05) is 0 Å². The molecule has 7 nitrogen and oxygen atoms in total. The highest BCUT2D eigenvalue weighted by atomic mass is 16.5. The molecule has 1 amide bonds. The van der Waals surface area contributed by atoms with Gasteiger partial charge in [0.25, 0.3) is 5.56 Å². The van der Waals surface area contributed by atoms with Crippen LogP contribution in [0.3, 0.4) is 0 Å². The van der Waals surface area contributed by atoms with Crippen LogP contribution in [0.25, 0.3) is 0 Å². The number of ether oxygens (including phenoxy) is 1. The number of rotatable bonds is 2. The summed E-state index contributed by atoms with van der Waals surface area (Å²) in [6, 6.07) is 0. The molecule has 16 heavy (non-hydrogen) atoms. The van der Waals surface area contributed by atoms with E-state index in [0.717, 1.165) is 0 Å². The topological polar surface area (TPSA) is 87.3 Å². The van der Waals surface area contributed by atoms with Crippen molar-refractivity contribution in [2.24, 2.45) is 0 Å². The Bertz CT molecular complexity index is 456. The molecule has 0 aromatic carbocycles. The van der Waals surface area contributed by atoms with E-state index in [1.54, 1.807) is 4.90 Å². The van der Waals surface area contributed by atoms with E-state index in [9.17, 15) is 9.59 Å². The van der Waals surface area contributed by atoms with Gasteiger partial charge in [-0.15, -0.1) is 0 Å². The third-order valence-corrected chi connectivity index (χ3v) is 2.33. The third-order valence-electron chi connectivity index (χ3n) is 2.33. The van der Waals surface area contributed by atoms with Crippen LogP contribution >= 0.6 is 0 Å². The average molecular weight is 224 g/mol. The van der Waals surface area contributed by atoms with Crippen LogP contribution < -0.4 is 20.5 Å². The molecule has 2 N–H and O–H groups in total. The lowest BCUT2D eigenvalue weighted by molar-refractivity contribution is -0.120. The maximum absolute atomic E-state index is 11.4. The first-order valence-corrected chi connectivity index (χ1v) is 4.85. The van der Waals surface area contributed by atoms with Gasteiger partial charge in [0.2, 0.25) is 11.7 Å². The standard InChI is InChI=1S/C9H12N4O3/c1-16-7-8(11-5-12-9(7)15)13-3-2-10-6(14)4-13/h5H,2-4H2,1H3,(H,10,14)(H,11,12,15). The van der Waals surface area contributed by atoms with Crippen molar-refractivity contribution >= 4 is 11.7 Å². The second kappa shape index (κ2) is 4.21. The first kappa shape index (κ1) is 10.5. The Labute approximate surface area is 91.4 Å². The molecule has 2 rings (SSSR count). The highest BCUT2D eigenvalue weighted by molar-refractivity contribution is 5.82. The molecule has 2 heterocycles. The summed E-state index contributed by atoms with van der Waals surface area (Å²) >= 11 is 0. The molecule has 1 aliphatic rings. The van der Waals surface area contributed by atoms with Crippen molar-refractivity contribution in [3.05, 3.63) is 16.7 Å². The first-order chi connectivity index (χ1) is 7.72.